The Morgan fingerprint density at radius 1 is 1.15 bits per heavy atom. The van der Waals surface area contributed by atoms with Crippen molar-refractivity contribution in [3.05, 3.63) is 63.3 Å². The Balaban J connectivity index is 1.86. The molecule has 2 aromatic rings. The molecule has 1 atom stereocenters. The molecule has 0 radical (unpaired) electrons. The van der Waals surface area contributed by atoms with Gasteiger partial charge in [0.15, 0.2) is 0 Å². The Labute approximate surface area is 131 Å². The predicted molar refractivity (Wildman–Crippen MR) is 84.6 cm³/mol. The smallest absolute Gasteiger partial charge is 0.124 e. The number of nitrogens with one attached hydrogen (secondary N) is 1. The molecular formula is C16H14BrClFN. The molecule has 0 aliphatic heterocycles. The average molecular weight is 355 g/mol. The van der Waals surface area contributed by atoms with E-state index in [2.05, 4.69) is 33.4 Å². The van der Waals surface area contributed by atoms with E-state index in [1.165, 1.54) is 30.5 Å². The van der Waals surface area contributed by atoms with Crippen molar-refractivity contribution in [1.29, 1.82) is 0 Å². The van der Waals surface area contributed by atoms with Crippen LogP contribution in [0.2, 0.25) is 5.02 Å². The Bertz CT molecular complexity index is 610. The highest BCUT2D eigenvalue weighted by atomic mass is 79.9. The number of hydrogen-bond donors (Lipinski definition) is 1. The standard InChI is InChI=1S/C16H14BrClFN/c17-14-9-13(19)7-8-15(14)20-16(10-1-2-10)11-3-5-12(18)6-4-11/h3-10,16,20H,1-2H2. The lowest BCUT2D eigenvalue weighted by Gasteiger charge is -2.21. The van der Waals surface area contributed by atoms with E-state index < -0.39 is 0 Å². The highest BCUT2D eigenvalue weighted by Crippen LogP contribution is 2.43. The lowest BCUT2D eigenvalue weighted by molar-refractivity contribution is 0.626. The summed E-state index contributed by atoms with van der Waals surface area (Å²) >= 11 is 9.35. The molecule has 1 saturated carbocycles. The minimum Gasteiger partial charge on any atom is -0.377 e. The van der Waals surface area contributed by atoms with Gasteiger partial charge in [-0.1, -0.05) is 23.7 Å². The highest BCUT2D eigenvalue weighted by molar-refractivity contribution is 9.10. The van der Waals surface area contributed by atoms with E-state index in [0.717, 1.165) is 15.2 Å². The first kappa shape index (κ1) is 13.9. The molecule has 20 heavy (non-hydrogen) atoms. The molecule has 2 aromatic carbocycles. The van der Waals surface area contributed by atoms with Gasteiger partial charge in [-0.3, -0.25) is 0 Å². The second-order valence-electron chi connectivity index (χ2n) is 5.14. The maximum Gasteiger partial charge on any atom is 0.124 e. The van der Waals surface area contributed by atoms with E-state index in [1.807, 2.05) is 12.1 Å². The van der Waals surface area contributed by atoms with Crippen LogP contribution < -0.4 is 5.32 Å². The number of anilines is 1. The number of hydrogen-bond acceptors (Lipinski definition) is 1. The monoisotopic (exact) mass is 353 g/mol. The second-order valence-corrected chi connectivity index (χ2v) is 6.43. The van der Waals surface area contributed by atoms with Crippen LogP contribution in [0.4, 0.5) is 10.1 Å². The van der Waals surface area contributed by atoms with Gasteiger partial charge in [-0.25, -0.2) is 4.39 Å². The van der Waals surface area contributed by atoms with Gasteiger partial charge in [0.05, 0.1) is 6.04 Å². The summed E-state index contributed by atoms with van der Waals surface area (Å²) in [6, 6.07) is 12.9. The van der Waals surface area contributed by atoms with Crippen molar-refractivity contribution in [3.8, 4) is 0 Å². The fourth-order valence-electron chi connectivity index (χ4n) is 2.35. The van der Waals surface area contributed by atoms with Crippen LogP contribution in [0.15, 0.2) is 46.9 Å². The van der Waals surface area contributed by atoms with Crippen LogP contribution in [-0.4, -0.2) is 0 Å². The third-order valence-electron chi connectivity index (χ3n) is 3.56. The molecule has 1 aliphatic carbocycles. The van der Waals surface area contributed by atoms with Crippen LogP contribution in [0.3, 0.4) is 0 Å². The van der Waals surface area contributed by atoms with Gasteiger partial charge in [0, 0.05) is 15.2 Å². The molecule has 0 aromatic heterocycles. The summed E-state index contributed by atoms with van der Waals surface area (Å²) in [5, 5.41) is 4.26. The van der Waals surface area contributed by atoms with Crippen LogP contribution in [-0.2, 0) is 0 Å². The lowest BCUT2D eigenvalue weighted by Crippen LogP contribution is -2.13. The van der Waals surface area contributed by atoms with Crippen molar-refractivity contribution in [1.82, 2.24) is 0 Å². The van der Waals surface area contributed by atoms with Crippen molar-refractivity contribution in [3.63, 3.8) is 0 Å². The van der Waals surface area contributed by atoms with Gasteiger partial charge >= 0.3 is 0 Å². The largest absolute Gasteiger partial charge is 0.377 e. The zero-order valence-corrected chi connectivity index (χ0v) is 13.1. The quantitative estimate of drug-likeness (QED) is 0.731. The highest BCUT2D eigenvalue weighted by Gasteiger charge is 2.32. The van der Waals surface area contributed by atoms with Crippen molar-refractivity contribution in [2.24, 2.45) is 5.92 Å². The number of rotatable bonds is 4. The molecule has 0 heterocycles. The van der Waals surface area contributed by atoms with Gasteiger partial charge in [0.1, 0.15) is 5.82 Å². The molecular weight excluding hydrogens is 341 g/mol. The molecule has 1 fully saturated rings. The summed E-state index contributed by atoms with van der Waals surface area (Å²) in [5.41, 5.74) is 2.13. The normalized spacial score (nSPS) is 15.9. The van der Waals surface area contributed by atoms with Gasteiger partial charge in [0.2, 0.25) is 0 Å². The molecule has 0 amide bonds. The van der Waals surface area contributed by atoms with Crippen molar-refractivity contribution >= 4 is 33.2 Å². The van der Waals surface area contributed by atoms with Crippen LogP contribution >= 0.6 is 27.5 Å². The van der Waals surface area contributed by atoms with Gasteiger partial charge in [-0.05, 0) is 70.6 Å². The zero-order chi connectivity index (χ0) is 14.1. The molecule has 0 saturated heterocycles. The van der Waals surface area contributed by atoms with Crippen molar-refractivity contribution < 1.29 is 4.39 Å². The molecule has 1 unspecified atom stereocenters. The Kier molecular flexibility index (Phi) is 3.99. The Morgan fingerprint density at radius 2 is 1.85 bits per heavy atom. The van der Waals surface area contributed by atoms with Crippen LogP contribution in [0.25, 0.3) is 0 Å². The lowest BCUT2D eigenvalue weighted by atomic mass is 10.0. The van der Waals surface area contributed by atoms with Crippen molar-refractivity contribution in [2.45, 2.75) is 18.9 Å². The predicted octanol–water partition coefficient (Wildman–Crippen LogP) is 5.80. The maximum atomic E-state index is 13.2. The van der Waals surface area contributed by atoms with Gasteiger partial charge in [-0.2, -0.15) is 0 Å². The zero-order valence-electron chi connectivity index (χ0n) is 10.7. The molecule has 0 spiro atoms. The summed E-state index contributed by atoms with van der Waals surface area (Å²) in [6.07, 6.45) is 2.44. The van der Waals surface area contributed by atoms with Crippen molar-refractivity contribution in [2.75, 3.05) is 5.32 Å². The average Bonchev–Trinajstić information content (AvgIpc) is 3.24. The second kappa shape index (κ2) is 5.74. The van der Waals surface area contributed by atoms with E-state index in [9.17, 15) is 4.39 Å². The summed E-state index contributed by atoms with van der Waals surface area (Å²) in [7, 11) is 0. The third kappa shape index (κ3) is 3.15. The maximum absolute atomic E-state index is 13.2. The summed E-state index contributed by atoms with van der Waals surface area (Å²) in [4.78, 5) is 0. The fourth-order valence-corrected chi connectivity index (χ4v) is 2.94. The molecule has 104 valence electrons. The number of halogens is 3. The molecule has 1 N–H and O–H groups in total. The van der Waals surface area contributed by atoms with Gasteiger partial charge in [0.25, 0.3) is 0 Å². The molecule has 4 heteroatoms. The summed E-state index contributed by atoms with van der Waals surface area (Å²) < 4.78 is 13.9. The van der Waals surface area contributed by atoms with E-state index in [4.69, 9.17) is 11.6 Å². The minimum absolute atomic E-state index is 0.239. The molecule has 0 bridgehead atoms. The summed E-state index contributed by atoms with van der Waals surface area (Å²) in [6.45, 7) is 0. The topological polar surface area (TPSA) is 12.0 Å². The van der Waals surface area contributed by atoms with E-state index in [0.29, 0.717) is 5.92 Å². The Morgan fingerprint density at radius 3 is 2.45 bits per heavy atom. The van der Waals surface area contributed by atoms with E-state index in [1.54, 1.807) is 6.07 Å². The minimum atomic E-state index is -0.239. The molecule has 1 nitrogen and oxygen atoms in total. The van der Waals surface area contributed by atoms with Gasteiger partial charge in [-0.15, -0.1) is 0 Å². The third-order valence-corrected chi connectivity index (χ3v) is 4.47. The summed E-state index contributed by atoms with van der Waals surface area (Å²) in [5.74, 6) is 0.394. The van der Waals surface area contributed by atoms with Crippen LogP contribution in [0, 0.1) is 11.7 Å². The van der Waals surface area contributed by atoms with Crippen LogP contribution in [0.5, 0.6) is 0 Å². The number of benzene rings is 2. The first-order valence-electron chi connectivity index (χ1n) is 6.60. The van der Waals surface area contributed by atoms with Gasteiger partial charge < -0.3 is 5.32 Å². The first-order chi connectivity index (χ1) is 9.63. The van der Waals surface area contributed by atoms with Crippen LogP contribution in [0.1, 0.15) is 24.4 Å². The SMILES string of the molecule is Fc1ccc(NC(c2ccc(Cl)cc2)C2CC2)c(Br)c1. The fraction of sp³-hybridized carbons (Fsp3) is 0.250. The Hall–Kier alpha value is -1.06. The molecule has 3 rings (SSSR count). The molecule has 1 aliphatic rings. The first-order valence-corrected chi connectivity index (χ1v) is 7.77. The van der Waals surface area contributed by atoms with E-state index >= 15 is 0 Å². The van der Waals surface area contributed by atoms with E-state index in [-0.39, 0.29) is 11.9 Å².